The number of nitrogens with zero attached hydrogens (tertiary/aromatic N) is 2. The fraction of sp³-hybridized carbons (Fsp3) is 0.688. The Hall–Kier alpha value is -0.930. The summed E-state index contributed by atoms with van der Waals surface area (Å²) in [6.45, 7) is 6.99. The molecule has 1 N–H and O–H groups in total. The van der Waals surface area contributed by atoms with E-state index in [2.05, 4.69) is 41.3 Å². The molecule has 1 aliphatic heterocycles. The maximum absolute atomic E-state index is 4.40. The van der Waals surface area contributed by atoms with E-state index in [9.17, 15) is 0 Å². The van der Waals surface area contributed by atoms with Crippen molar-refractivity contribution in [3.63, 3.8) is 0 Å². The van der Waals surface area contributed by atoms with Gasteiger partial charge in [0.1, 0.15) is 0 Å². The van der Waals surface area contributed by atoms with Gasteiger partial charge in [0.2, 0.25) is 0 Å². The summed E-state index contributed by atoms with van der Waals surface area (Å²) in [7, 11) is 2.25. The Morgan fingerprint density at radius 3 is 2.95 bits per heavy atom. The summed E-state index contributed by atoms with van der Waals surface area (Å²) in [5.74, 6) is 0. The van der Waals surface area contributed by atoms with E-state index >= 15 is 0 Å². The van der Waals surface area contributed by atoms with Crippen LogP contribution in [0.2, 0.25) is 0 Å². The van der Waals surface area contributed by atoms with Crippen LogP contribution < -0.4 is 5.32 Å². The van der Waals surface area contributed by atoms with E-state index in [0.717, 1.165) is 13.0 Å². The van der Waals surface area contributed by atoms with Gasteiger partial charge in [-0.1, -0.05) is 19.4 Å². The lowest BCUT2D eigenvalue weighted by molar-refractivity contribution is 0.178. The van der Waals surface area contributed by atoms with Crippen molar-refractivity contribution in [3.8, 4) is 0 Å². The lowest BCUT2D eigenvalue weighted by Crippen LogP contribution is -2.38. The Morgan fingerprint density at radius 1 is 1.42 bits per heavy atom. The fourth-order valence-corrected chi connectivity index (χ4v) is 3.26. The molecule has 0 saturated carbocycles. The first-order valence-electron chi connectivity index (χ1n) is 7.53. The Bertz CT molecular complexity index is 358. The molecule has 1 saturated heterocycles. The highest BCUT2D eigenvalue weighted by Crippen LogP contribution is 2.31. The van der Waals surface area contributed by atoms with Crippen molar-refractivity contribution in [2.45, 2.75) is 32.6 Å². The van der Waals surface area contributed by atoms with Crippen molar-refractivity contribution in [2.75, 3.05) is 33.2 Å². The van der Waals surface area contributed by atoms with Crippen LogP contribution in [0.4, 0.5) is 0 Å². The molecule has 1 fully saturated rings. The molecule has 0 spiro atoms. The summed E-state index contributed by atoms with van der Waals surface area (Å²) in [6, 6.07) is 6.17. The molecule has 0 aromatic carbocycles. The molecule has 2 heterocycles. The van der Waals surface area contributed by atoms with Crippen LogP contribution in [-0.2, 0) is 6.42 Å². The standard InChI is InChI=1S/C16H27N3/c1-3-8-16(9-11-17-13-16)14-19(2)12-7-15-6-4-5-10-18-15/h4-6,10,17H,3,7-9,11-14H2,1-2H3. The quantitative estimate of drug-likeness (QED) is 0.816. The molecule has 19 heavy (non-hydrogen) atoms. The number of likely N-dealkylation sites (N-methyl/N-ethyl adjacent to an activating group) is 1. The summed E-state index contributed by atoms with van der Waals surface area (Å²) in [4.78, 5) is 6.88. The Morgan fingerprint density at radius 2 is 2.32 bits per heavy atom. The number of nitrogens with one attached hydrogen (secondary N) is 1. The minimum absolute atomic E-state index is 0.508. The number of pyridine rings is 1. The molecule has 1 aromatic rings. The molecule has 0 radical (unpaired) electrons. The molecule has 1 atom stereocenters. The molecule has 1 aliphatic rings. The van der Waals surface area contributed by atoms with Gasteiger partial charge in [-0.15, -0.1) is 0 Å². The zero-order valence-electron chi connectivity index (χ0n) is 12.4. The predicted molar refractivity (Wildman–Crippen MR) is 80.3 cm³/mol. The number of hydrogen-bond donors (Lipinski definition) is 1. The predicted octanol–water partition coefficient (Wildman–Crippen LogP) is 2.34. The van der Waals surface area contributed by atoms with E-state index in [4.69, 9.17) is 0 Å². The fourth-order valence-electron chi connectivity index (χ4n) is 3.26. The monoisotopic (exact) mass is 261 g/mol. The van der Waals surface area contributed by atoms with Crippen molar-refractivity contribution in [2.24, 2.45) is 5.41 Å². The third-order valence-electron chi connectivity index (χ3n) is 4.19. The molecule has 1 aromatic heterocycles. The third kappa shape index (κ3) is 4.29. The van der Waals surface area contributed by atoms with Crippen molar-refractivity contribution in [1.82, 2.24) is 15.2 Å². The zero-order chi connectivity index (χ0) is 13.6. The average molecular weight is 261 g/mol. The molecular weight excluding hydrogens is 234 g/mol. The van der Waals surface area contributed by atoms with E-state index < -0.39 is 0 Å². The van der Waals surface area contributed by atoms with Crippen molar-refractivity contribution < 1.29 is 0 Å². The van der Waals surface area contributed by atoms with Gasteiger partial charge in [0, 0.05) is 37.9 Å². The smallest absolute Gasteiger partial charge is 0.0416 e. The van der Waals surface area contributed by atoms with Gasteiger partial charge in [-0.05, 0) is 44.0 Å². The molecule has 0 amide bonds. The van der Waals surface area contributed by atoms with E-state index in [1.54, 1.807) is 0 Å². The lowest BCUT2D eigenvalue weighted by Gasteiger charge is -2.32. The number of aromatic nitrogens is 1. The van der Waals surface area contributed by atoms with Crippen LogP contribution in [0.15, 0.2) is 24.4 Å². The molecule has 2 rings (SSSR count). The minimum Gasteiger partial charge on any atom is -0.316 e. The van der Waals surface area contributed by atoms with Crippen molar-refractivity contribution in [3.05, 3.63) is 30.1 Å². The lowest BCUT2D eigenvalue weighted by atomic mass is 9.82. The molecule has 0 bridgehead atoms. The van der Waals surface area contributed by atoms with E-state index in [-0.39, 0.29) is 0 Å². The average Bonchev–Trinajstić information content (AvgIpc) is 2.86. The van der Waals surface area contributed by atoms with Gasteiger partial charge in [-0.2, -0.15) is 0 Å². The van der Waals surface area contributed by atoms with E-state index in [1.165, 1.54) is 44.6 Å². The summed E-state index contributed by atoms with van der Waals surface area (Å²) >= 11 is 0. The zero-order valence-corrected chi connectivity index (χ0v) is 12.4. The van der Waals surface area contributed by atoms with Gasteiger partial charge in [-0.25, -0.2) is 0 Å². The first-order valence-corrected chi connectivity index (χ1v) is 7.53. The summed E-state index contributed by atoms with van der Waals surface area (Å²) in [5.41, 5.74) is 1.71. The Balaban J connectivity index is 1.81. The number of rotatable bonds is 7. The van der Waals surface area contributed by atoms with Crippen LogP contribution in [0.1, 0.15) is 31.9 Å². The second-order valence-electron chi connectivity index (χ2n) is 5.99. The van der Waals surface area contributed by atoms with Gasteiger partial charge >= 0.3 is 0 Å². The molecule has 0 aliphatic carbocycles. The third-order valence-corrected chi connectivity index (χ3v) is 4.19. The topological polar surface area (TPSA) is 28.2 Å². The molecule has 106 valence electrons. The largest absolute Gasteiger partial charge is 0.316 e. The van der Waals surface area contributed by atoms with Crippen LogP contribution in [0, 0.1) is 5.41 Å². The maximum atomic E-state index is 4.40. The second kappa shape index (κ2) is 7.01. The summed E-state index contributed by atoms with van der Waals surface area (Å²) in [6.07, 6.45) is 6.89. The van der Waals surface area contributed by atoms with Crippen LogP contribution in [0.25, 0.3) is 0 Å². The van der Waals surface area contributed by atoms with Gasteiger partial charge in [0.05, 0.1) is 0 Å². The Labute approximate surface area is 117 Å². The summed E-state index contributed by atoms with van der Waals surface area (Å²) < 4.78 is 0. The minimum atomic E-state index is 0.508. The first-order chi connectivity index (χ1) is 9.24. The molecular formula is C16H27N3. The molecule has 3 heteroatoms. The van der Waals surface area contributed by atoms with E-state index in [1.807, 2.05) is 12.3 Å². The highest BCUT2D eigenvalue weighted by molar-refractivity contribution is 5.03. The first kappa shape index (κ1) is 14.5. The van der Waals surface area contributed by atoms with Crippen molar-refractivity contribution >= 4 is 0 Å². The number of hydrogen-bond acceptors (Lipinski definition) is 3. The van der Waals surface area contributed by atoms with Gasteiger partial charge < -0.3 is 10.2 Å². The normalized spacial score (nSPS) is 23.1. The maximum Gasteiger partial charge on any atom is 0.0416 e. The molecule has 3 nitrogen and oxygen atoms in total. The van der Waals surface area contributed by atoms with Crippen LogP contribution in [0.3, 0.4) is 0 Å². The Kier molecular flexibility index (Phi) is 5.34. The second-order valence-corrected chi connectivity index (χ2v) is 5.99. The van der Waals surface area contributed by atoms with Gasteiger partial charge in [0.15, 0.2) is 0 Å². The van der Waals surface area contributed by atoms with E-state index in [0.29, 0.717) is 5.41 Å². The highest BCUT2D eigenvalue weighted by Gasteiger charge is 2.33. The summed E-state index contributed by atoms with van der Waals surface area (Å²) in [5, 5.41) is 3.54. The highest BCUT2D eigenvalue weighted by atomic mass is 15.1. The molecule has 1 unspecified atom stereocenters. The van der Waals surface area contributed by atoms with Crippen LogP contribution in [0.5, 0.6) is 0 Å². The van der Waals surface area contributed by atoms with Gasteiger partial charge in [-0.3, -0.25) is 4.98 Å². The van der Waals surface area contributed by atoms with Crippen LogP contribution >= 0.6 is 0 Å². The van der Waals surface area contributed by atoms with Crippen LogP contribution in [-0.4, -0.2) is 43.1 Å². The van der Waals surface area contributed by atoms with Crippen molar-refractivity contribution in [1.29, 1.82) is 0 Å². The van der Waals surface area contributed by atoms with Gasteiger partial charge in [0.25, 0.3) is 0 Å². The SMILES string of the molecule is CCCC1(CN(C)CCc2ccccn2)CCNC1.